The fourth-order valence-corrected chi connectivity index (χ4v) is 3.28. The van der Waals surface area contributed by atoms with E-state index in [1.807, 2.05) is 24.5 Å². The minimum Gasteiger partial charge on any atom is -0.489 e. The van der Waals surface area contributed by atoms with Gasteiger partial charge in [-0.2, -0.15) is 0 Å². The van der Waals surface area contributed by atoms with Crippen LogP contribution in [0.4, 0.5) is 0 Å². The fraction of sp³-hybridized carbons (Fsp3) is 0.438. The van der Waals surface area contributed by atoms with Gasteiger partial charge < -0.3 is 14.0 Å². The van der Waals surface area contributed by atoms with Gasteiger partial charge in [0.05, 0.1) is 24.8 Å². The Labute approximate surface area is 134 Å². The largest absolute Gasteiger partial charge is 0.489 e. The zero-order chi connectivity index (χ0) is 14.9. The second-order valence-corrected chi connectivity index (χ2v) is 6.11. The van der Waals surface area contributed by atoms with E-state index >= 15 is 0 Å². The summed E-state index contributed by atoms with van der Waals surface area (Å²) < 4.78 is 13.6. The Morgan fingerprint density at radius 1 is 1.18 bits per heavy atom. The van der Waals surface area contributed by atoms with E-state index in [-0.39, 0.29) is 0 Å². The normalized spacial score (nSPS) is 17.9. The molecule has 0 aliphatic carbocycles. The maximum absolute atomic E-state index is 6.36. The van der Waals surface area contributed by atoms with E-state index < -0.39 is 0 Å². The van der Waals surface area contributed by atoms with Gasteiger partial charge in [-0.15, -0.1) is 0 Å². The highest BCUT2D eigenvalue weighted by molar-refractivity contribution is 6.32. The topological polar surface area (TPSA) is 39.5 Å². The summed E-state index contributed by atoms with van der Waals surface area (Å²) in [4.78, 5) is 6.77. The number of imidazole rings is 1. The molecule has 1 aromatic heterocycles. The Hall–Kier alpha value is -1.72. The van der Waals surface area contributed by atoms with Crippen LogP contribution in [0, 0.1) is 0 Å². The van der Waals surface area contributed by atoms with Crippen molar-refractivity contribution in [1.29, 1.82) is 0 Å². The second kappa shape index (κ2) is 5.82. The minimum absolute atomic E-state index is 0.632. The van der Waals surface area contributed by atoms with Crippen molar-refractivity contribution in [2.45, 2.75) is 26.1 Å². The van der Waals surface area contributed by atoms with E-state index in [1.165, 1.54) is 0 Å². The van der Waals surface area contributed by atoms with Crippen molar-refractivity contribution in [1.82, 2.24) is 14.5 Å². The zero-order valence-electron chi connectivity index (χ0n) is 12.3. The van der Waals surface area contributed by atoms with Crippen LogP contribution in [0.3, 0.4) is 0 Å². The van der Waals surface area contributed by atoms with Gasteiger partial charge in [0.25, 0.3) is 0 Å². The van der Waals surface area contributed by atoms with E-state index in [0.29, 0.717) is 24.0 Å². The third kappa shape index (κ3) is 2.66. The molecule has 0 N–H and O–H groups in total. The van der Waals surface area contributed by atoms with Crippen molar-refractivity contribution in [3.05, 3.63) is 40.9 Å². The van der Waals surface area contributed by atoms with Crippen LogP contribution in [0.5, 0.6) is 11.5 Å². The molecule has 0 saturated heterocycles. The standard InChI is InChI=1S/C16H18ClN3O2/c17-13-8-12(9-14-16(13)22-7-1-6-21-14)10-19-4-5-20-3-2-18-15(20)11-19/h2-3,8-9H,1,4-7,10-11H2. The molecule has 0 bridgehead atoms. The molecule has 0 amide bonds. The van der Waals surface area contributed by atoms with Gasteiger partial charge in [-0.05, 0) is 17.7 Å². The van der Waals surface area contributed by atoms with Crippen LogP contribution >= 0.6 is 11.6 Å². The molecule has 2 aromatic rings. The molecular weight excluding hydrogens is 302 g/mol. The highest BCUT2D eigenvalue weighted by atomic mass is 35.5. The molecule has 4 rings (SSSR count). The lowest BCUT2D eigenvalue weighted by molar-refractivity contribution is 0.208. The van der Waals surface area contributed by atoms with Crippen molar-refractivity contribution in [3.63, 3.8) is 0 Å². The van der Waals surface area contributed by atoms with Crippen LogP contribution in [-0.4, -0.2) is 34.2 Å². The summed E-state index contributed by atoms with van der Waals surface area (Å²) >= 11 is 6.36. The summed E-state index contributed by atoms with van der Waals surface area (Å²) in [5.41, 5.74) is 1.15. The molecule has 1 aromatic carbocycles. The molecule has 2 aliphatic rings. The average Bonchev–Trinajstić information content (AvgIpc) is 2.83. The third-order valence-corrected chi connectivity index (χ3v) is 4.37. The quantitative estimate of drug-likeness (QED) is 0.853. The van der Waals surface area contributed by atoms with Gasteiger partial charge >= 0.3 is 0 Å². The van der Waals surface area contributed by atoms with Gasteiger partial charge in [-0.25, -0.2) is 4.98 Å². The zero-order valence-corrected chi connectivity index (χ0v) is 13.1. The van der Waals surface area contributed by atoms with Crippen LogP contribution in [-0.2, 0) is 19.6 Å². The van der Waals surface area contributed by atoms with Gasteiger partial charge in [0, 0.05) is 38.4 Å². The number of rotatable bonds is 2. The SMILES string of the molecule is Clc1cc(CN2CCn3ccnc3C2)cc2c1OCCCO2. The predicted molar refractivity (Wildman–Crippen MR) is 83.4 cm³/mol. The second-order valence-electron chi connectivity index (χ2n) is 5.70. The Kier molecular flexibility index (Phi) is 3.68. The number of nitrogens with zero attached hydrogens (tertiary/aromatic N) is 3. The van der Waals surface area contributed by atoms with E-state index in [4.69, 9.17) is 21.1 Å². The van der Waals surface area contributed by atoms with Gasteiger partial charge in [-0.1, -0.05) is 11.6 Å². The van der Waals surface area contributed by atoms with Crippen LogP contribution in [0.15, 0.2) is 24.5 Å². The lowest BCUT2D eigenvalue weighted by Gasteiger charge is -2.27. The van der Waals surface area contributed by atoms with Crippen molar-refractivity contribution in [2.75, 3.05) is 19.8 Å². The first kappa shape index (κ1) is 13.9. The molecular formula is C16H18ClN3O2. The van der Waals surface area contributed by atoms with E-state index in [0.717, 1.165) is 49.7 Å². The Balaban J connectivity index is 1.54. The van der Waals surface area contributed by atoms with Gasteiger partial charge in [0.2, 0.25) is 0 Å². The van der Waals surface area contributed by atoms with E-state index in [2.05, 4.69) is 14.5 Å². The van der Waals surface area contributed by atoms with Gasteiger partial charge in [0.1, 0.15) is 5.82 Å². The summed E-state index contributed by atoms with van der Waals surface area (Å²) in [5, 5.41) is 0.632. The molecule has 0 radical (unpaired) electrons. The van der Waals surface area contributed by atoms with Gasteiger partial charge in [-0.3, -0.25) is 4.90 Å². The van der Waals surface area contributed by atoms with Crippen LogP contribution in [0.1, 0.15) is 17.8 Å². The molecule has 6 heteroatoms. The lowest BCUT2D eigenvalue weighted by atomic mass is 10.1. The number of ether oxygens (including phenoxy) is 2. The van der Waals surface area contributed by atoms with Crippen molar-refractivity contribution < 1.29 is 9.47 Å². The number of hydrogen-bond donors (Lipinski definition) is 0. The van der Waals surface area contributed by atoms with Gasteiger partial charge in [0.15, 0.2) is 11.5 Å². The van der Waals surface area contributed by atoms with E-state index in [9.17, 15) is 0 Å². The molecule has 0 unspecified atom stereocenters. The van der Waals surface area contributed by atoms with Crippen LogP contribution in [0.25, 0.3) is 0 Å². The molecule has 2 aliphatic heterocycles. The first-order valence-electron chi connectivity index (χ1n) is 7.60. The Morgan fingerprint density at radius 3 is 3.05 bits per heavy atom. The monoisotopic (exact) mass is 319 g/mol. The van der Waals surface area contributed by atoms with Crippen molar-refractivity contribution >= 4 is 11.6 Å². The smallest absolute Gasteiger partial charge is 0.179 e. The Morgan fingerprint density at radius 2 is 2.09 bits per heavy atom. The fourth-order valence-electron chi connectivity index (χ4n) is 2.99. The van der Waals surface area contributed by atoms with E-state index in [1.54, 1.807) is 0 Å². The molecule has 116 valence electrons. The van der Waals surface area contributed by atoms with Crippen LogP contribution in [0.2, 0.25) is 5.02 Å². The molecule has 0 saturated carbocycles. The summed E-state index contributed by atoms with van der Waals surface area (Å²) in [7, 11) is 0. The van der Waals surface area contributed by atoms with Crippen LogP contribution < -0.4 is 9.47 Å². The summed E-state index contributed by atoms with van der Waals surface area (Å²) in [6.07, 6.45) is 4.79. The summed E-state index contributed by atoms with van der Waals surface area (Å²) in [5.74, 6) is 2.56. The molecule has 5 nitrogen and oxygen atoms in total. The third-order valence-electron chi connectivity index (χ3n) is 4.09. The minimum atomic E-state index is 0.632. The highest BCUT2D eigenvalue weighted by Gasteiger charge is 2.19. The molecule has 0 spiro atoms. The number of fused-ring (bicyclic) bond motifs is 2. The summed E-state index contributed by atoms with van der Waals surface area (Å²) in [6, 6.07) is 4.03. The number of hydrogen-bond acceptors (Lipinski definition) is 4. The molecule has 0 atom stereocenters. The lowest BCUT2D eigenvalue weighted by Crippen LogP contribution is -2.33. The summed E-state index contributed by atoms with van der Waals surface area (Å²) in [6.45, 7) is 5.01. The first-order chi connectivity index (χ1) is 10.8. The number of halogens is 1. The number of benzene rings is 1. The molecule has 0 fully saturated rings. The maximum atomic E-state index is 6.36. The Bertz CT molecular complexity index is 686. The maximum Gasteiger partial charge on any atom is 0.179 e. The predicted octanol–water partition coefficient (Wildman–Crippen LogP) is 2.71. The van der Waals surface area contributed by atoms with Crippen molar-refractivity contribution in [3.8, 4) is 11.5 Å². The highest BCUT2D eigenvalue weighted by Crippen LogP contribution is 2.38. The van der Waals surface area contributed by atoms with Crippen molar-refractivity contribution in [2.24, 2.45) is 0 Å². The molecule has 22 heavy (non-hydrogen) atoms. The molecule has 3 heterocycles. The first-order valence-corrected chi connectivity index (χ1v) is 7.98. The number of aromatic nitrogens is 2. The average molecular weight is 320 g/mol.